The minimum Gasteiger partial charge on any atom is -0.479 e. The Morgan fingerprint density at radius 3 is 2.20 bits per heavy atom. The standard InChI is InChI=1S/C32H35N3O6/c1-31(21-40-2,29(37)38)33-28(36)32(16-17-35(20-32)18-22-10-4-3-5-11-22)34-30(39)41-19-27-25-14-8-6-12-23(25)24-13-7-9-15-26(24)27/h3-15,27H,16-21H2,1-2H3,(H,33,36)(H,34,39)(H,37,38). The molecule has 1 saturated heterocycles. The molecule has 5 rings (SSSR count). The Morgan fingerprint density at radius 1 is 0.976 bits per heavy atom. The summed E-state index contributed by atoms with van der Waals surface area (Å²) >= 11 is 0. The molecule has 0 saturated carbocycles. The van der Waals surface area contributed by atoms with Gasteiger partial charge in [0, 0.05) is 32.7 Å². The van der Waals surface area contributed by atoms with E-state index in [1.165, 1.54) is 14.0 Å². The van der Waals surface area contributed by atoms with E-state index >= 15 is 0 Å². The number of nitrogens with zero attached hydrogens (tertiary/aromatic N) is 1. The maximum atomic E-state index is 13.8. The average molecular weight is 558 g/mol. The minimum absolute atomic E-state index is 0.0990. The van der Waals surface area contributed by atoms with Crippen LogP contribution in [0.15, 0.2) is 78.9 Å². The summed E-state index contributed by atoms with van der Waals surface area (Å²) in [7, 11) is 1.37. The lowest BCUT2D eigenvalue weighted by Crippen LogP contribution is -2.66. The number of amides is 2. The van der Waals surface area contributed by atoms with Crippen LogP contribution in [0.2, 0.25) is 0 Å². The zero-order valence-electron chi connectivity index (χ0n) is 23.3. The van der Waals surface area contributed by atoms with Crippen LogP contribution in [-0.2, 0) is 25.6 Å². The normalized spacial score (nSPS) is 19.6. The first-order chi connectivity index (χ1) is 19.7. The van der Waals surface area contributed by atoms with Crippen molar-refractivity contribution in [1.82, 2.24) is 15.5 Å². The van der Waals surface area contributed by atoms with Gasteiger partial charge in [0.25, 0.3) is 0 Å². The summed E-state index contributed by atoms with van der Waals surface area (Å²) in [5, 5.41) is 15.3. The van der Waals surface area contributed by atoms with Crippen LogP contribution in [0.3, 0.4) is 0 Å². The molecule has 214 valence electrons. The van der Waals surface area contributed by atoms with E-state index in [0.29, 0.717) is 19.5 Å². The molecule has 3 N–H and O–H groups in total. The molecule has 2 aliphatic rings. The Hall–Kier alpha value is -4.21. The first-order valence-electron chi connectivity index (χ1n) is 13.7. The Morgan fingerprint density at radius 2 is 1.59 bits per heavy atom. The summed E-state index contributed by atoms with van der Waals surface area (Å²) in [5.74, 6) is -1.96. The van der Waals surface area contributed by atoms with Crippen molar-refractivity contribution in [3.05, 3.63) is 95.6 Å². The Labute approximate surface area is 239 Å². The van der Waals surface area contributed by atoms with Gasteiger partial charge in [0.1, 0.15) is 12.1 Å². The Bertz CT molecular complexity index is 1380. The largest absolute Gasteiger partial charge is 0.479 e. The van der Waals surface area contributed by atoms with Crippen LogP contribution in [0.4, 0.5) is 4.79 Å². The van der Waals surface area contributed by atoms with Crippen LogP contribution in [0.25, 0.3) is 11.1 Å². The van der Waals surface area contributed by atoms with Gasteiger partial charge in [-0.2, -0.15) is 0 Å². The highest BCUT2D eigenvalue weighted by Crippen LogP contribution is 2.44. The zero-order chi connectivity index (χ0) is 29.0. The quantitative estimate of drug-likeness (QED) is 0.347. The molecule has 1 fully saturated rings. The highest BCUT2D eigenvalue weighted by atomic mass is 16.5. The lowest BCUT2D eigenvalue weighted by atomic mass is 9.94. The van der Waals surface area contributed by atoms with Crippen molar-refractivity contribution >= 4 is 18.0 Å². The SMILES string of the molecule is COCC(C)(NC(=O)C1(NC(=O)OCC2c3ccccc3-c3ccccc32)CCN(Cc2ccccc2)C1)C(=O)O. The van der Waals surface area contributed by atoms with Crippen LogP contribution in [0, 0.1) is 0 Å². The number of aliphatic carboxylic acids is 1. The Balaban J connectivity index is 1.34. The van der Waals surface area contributed by atoms with Gasteiger partial charge in [0.05, 0.1) is 6.61 Å². The van der Waals surface area contributed by atoms with Crippen LogP contribution < -0.4 is 10.6 Å². The van der Waals surface area contributed by atoms with Crippen molar-refractivity contribution in [2.75, 3.05) is 33.4 Å². The second kappa shape index (κ2) is 11.7. The molecule has 3 aromatic carbocycles. The zero-order valence-corrected chi connectivity index (χ0v) is 23.3. The summed E-state index contributed by atoms with van der Waals surface area (Å²) in [4.78, 5) is 41.2. The van der Waals surface area contributed by atoms with Gasteiger partial charge >= 0.3 is 12.1 Å². The van der Waals surface area contributed by atoms with Gasteiger partial charge < -0.3 is 25.2 Å². The number of methoxy groups -OCH3 is 1. The average Bonchev–Trinajstić information content (AvgIpc) is 3.52. The highest BCUT2D eigenvalue weighted by molar-refractivity contribution is 5.95. The molecule has 2 amide bonds. The van der Waals surface area contributed by atoms with E-state index in [1.807, 2.05) is 66.7 Å². The lowest BCUT2D eigenvalue weighted by Gasteiger charge is -2.34. The van der Waals surface area contributed by atoms with E-state index in [9.17, 15) is 19.5 Å². The lowest BCUT2D eigenvalue weighted by molar-refractivity contribution is -0.150. The third-order valence-corrected chi connectivity index (χ3v) is 8.01. The van der Waals surface area contributed by atoms with E-state index in [2.05, 4.69) is 27.7 Å². The monoisotopic (exact) mass is 557 g/mol. The van der Waals surface area contributed by atoms with E-state index in [4.69, 9.17) is 9.47 Å². The molecule has 3 aromatic rings. The third kappa shape index (κ3) is 5.82. The number of carbonyl (C=O) groups is 3. The van der Waals surface area contributed by atoms with E-state index in [1.54, 1.807) is 0 Å². The Kier molecular flexibility index (Phi) is 8.10. The number of carboxylic acids is 1. The molecule has 1 aliphatic heterocycles. The molecule has 2 unspecified atom stereocenters. The summed E-state index contributed by atoms with van der Waals surface area (Å²) in [6.07, 6.45) is -0.439. The second-order valence-corrected chi connectivity index (χ2v) is 11.0. The summed E-state index contributed by atoms with van der Waals surface area (Å²) in [6, 6.07) is 26.0. The number of hydrogen-bond acceptors (Lipinski definition) is 6. The summed E-state index contributed by atoms with van der Waals surface area (Å²) in [5.41, 5.74) is 2.41. The summed E-state index contributed by atoms with van der Waals surface area (Å²) in [6.45, 7) is 2.55. The molecule has 0 radical (unpaired) electrons. The van der Waals surface area contributed by atoms with Gasteiger partial charge in [0.2, 0.25) is 5.91 Å². The number of hydrogen-bond donors (Lipinski definition) is 3. The molecule has 9 nitrogen and oxygen atoms in total. The molecule has 0 spiro atoms. The smallest absolute Gasteiger partial charge is 0.408 e. The van der Waals surface area contributed by atoms with Crippen LogP contribution in [0.1, 0.15) is 36.0 Å². The first kappa shape index (κ1) is 28.3. The van der Waals surface area contributed by atoms with Crippen LogP contribution in [0.5, 0.6) is 0 Å². The van der Waals surface area contributed by atoms with Crippen molar-refractivity contribution in [3.8, 4) is 11.1 Å². The van der Waals surface area contributed by atoms with Crippen molar-refractivity contribution in [3.63, 3.8) is 0 Å². The van der Waals surface area contributed by atoms with Crippen molar-refractivity contribution in [2.45, 2.75) is 36.9 Å². The molecule has 9 heteroatoms. The predicted molar refractivity (Wildman–Crippen MR) is 153 cm³/mol. The molecule has 0 aromatic heterocycles. The molecule has 2 atom stereocenters. The van der Waals surface area contributed by atoms with Gasteiger partial charge in [-0.15, -0.1) is 0 Å². The second-order valence-electron chi connectivity index (χ2n) is 11.0. The van der Waals surface area contributed by atoms with Gasteiger partial charge in [0.15, 0.2) is 5.54 Å². The third-order valence-electron chi connectivity index (χ3n) is 8.01. The molecular formula is C32H35N3O6. The van der Waals surface area contributed by atoms with Gasteiger partial charge in [-0.3, -0.25) is 9.69 Å². The number of likely N-dealkylation sites (tertiary alicyclic amines) is 1. The number of benzene rings is 3. The molecule has 41 heavy (non-hydrogen) atoms. The van der Waals surface area contributed by atoms with Crippen LogP contribution in [-0.4, -0.2) is 72.5 Å². The first-order valence-corrected chi connectivity index (χ1v) is 13.7. The van der Waals surface area contributed by atoms with E-state index in [-0.39, 0.29) is 25.7 Å². The van der Waals surface area contributed by atoms with E-state index < -0.39 is 29.0 Å². The molecule has 0 bridgehead atoms. The fourth-order valence-corrected chi connectivity index (χ4v) is 5.85. The molecular weight excluding hydrogens is 522 g/mol. The summed E-state index contributed by atoms with van der Waals surface area (Å²) < 4.78 is 10.8. The van der Waals surface area contributed by atoms with Crippen molar-refractivity contribution < 1.29 is 29.0 Å². The van der Waals surface area contributed by atoms with Gasteiger partial charge in [-0.05, 0) is 41.2 Å². The number of nitrogens with one attached hydrogen (secondary N) is 2. The fraction of sp³-hybridized carbons (Fsp3) is 0.344. The number of alkyl carbamates (subject to hydrolysis) is 1. The maximum absolute atomic E-state index is 13.8. The number of carbonyl (C=O) groups excluding carboxylic acids is 2. The number of ether oxygens (including phenoxy) is 2. The van der Waals surface area contributed by atoms with Gasteiger partial charge in [-0.1, -0.05) is 78.9 Å². The van der Waals surface area contributed by atoms with Crippen LogP contribution >= 0.6 is 0 Å². The fourth-order valence-electron chi connectivity index (χ4n) is 5.85. The highest BCUT2D eigenvalue weighted by Gasteiger charge is 2.49. The predicted octanol–water partition coefficient (Wildman–Crippen LogP) is 3.78. The molecule has 1 aliphatic carbocycles. The topological polar surface area (TPSA) is 117 Å². The number of carboxylic acid groups (broad SMARTS) is 1. The number of fused-ring (bicyclic) bond motifs is 3. The minimum atomic E-state index is -1.67. The van der Waals surface area contributed by atoms with Crippen molar-refractivity contribution in [1.29, 1.82) is 0 Å². The van der Waals surface area contributed by atoms with Crippen molar-refractivity contribution in [2.24, 2.45) is 0 Å². The number of rotatable bonds is 10. The van der Waals surface area contributed by atoms with Gasteiger partial charge in [-0.25, -0.2) is 9.59 Å². The van der Waals surface area contributed by atoms with E-state index in [0.717, 1.165) is 27.8 Å². The molecule has 1 heterocycles. The maximum Gasteiger partial charge on any atom is 0.408 e.